The van der Waals surface area contributed by atoms with Gasteiger partial charge in [0, 0.05) is 74.7 Å². The monoisotopic (exact) mass is 492 g/mol. The Hall–Kier alpha value is -3.14. The molecule has 2 saturated heterocycles. The molecule has 1 unspecified atom stereocenters. The highest BCUT2D eigenvalue weighted by Crippen LogP contribution is 2.43. The molecule has 2 fully saturated rings. The number of carbonyl (C=O) groups is 1. The van der Waals surface area contributed by atoms with E-state index in [4.69, 9.17) is 14.5 Å². The fraction of sp³-hybridized carbons (Fsp3) is 0.481. The summed E-state index contributed by atoms with van der Waals surface area (Å²) >= 11 is 0. The zero-order valence-corrected chi connectivity index (χ0v) is 21.4. The van der Waals surface area contributed by atoms with Crippen LogP contribution in [0.4, 0.5) is 22.7 Å². The number of rotatable bonds is 6. The van der Waals surface area contributed by atoms with Gasteiger partial charge in [-0.3, -0.25) is 4.79 Å². The fourth-order valence-corrected chi connectivity index (χ4v) is 5.07. The normalized spacial score (nSPS) is 20.5. The molecular formula is C27H36N6O3. The number of nitrogens with one attached hydrogen (secondary N) is 2. The molecule has 0 aromatic heterocycles. The van der Waals surface area contributed by atoms with E-state index in [9.17, 15) is 4.79 Å². The second kappa shape index (κ2) is 10.9. The van der Waals surface area contributed by atoms with Crippen LogP contribution in [0, 0.1) is 0 Å². The number of anilines is 3. The van der Waals surface area contributed by atoms with E-state index in [0.717, 1.165) is 86.5 Å². The summed E-state index contributed by atoms with van der Waals surface area (Å²) < 4.78 is 11.1. The Morgan fingerprint density at radius 2 is 1.75 bits per heavy atom. The molecule has 3 aliphatic rings. The van der Waals surface area contributed by atoms with Gasteiger partial charge >= 0.3 is 0 Å². The van der Waals surface area contributed by atoms with Gasteiger partial charge in [-0.15, -0.1) is 0 Å². The summed E-state index contributed by atoms with van der Waals surface area (Å²) in [7, 11) is 5.76. The fourth-order valence-electron chi connectivity index (χ4n) is 5.07. The topological polar surface area (TPSA) is 81.7 Å². The van der Waals surface area contributed by atoms with Gasteiger partial charge in [-0.1, -0.05) is 0 Å². The smallest absolute Gasteiger partial charge is 0.270 e. The van der Waals surface area contributed by atoms with E-state index in [1.54, 1.807) is 7.11 Å². The van der Waals surface area contributed by atoms with Gasteiger partial charge in [-0.2, -0.15) is 0 Å². The van der Waals surface area contributed by atoms with Crippen molar-refractivity contribution in [1.29, 1.82) is 0 Å². The minimum absolute atomic E-state index is 0.0248. The van der Waals surface area contributed by atoms with Crippen molar-refractivity contribution in [3.63, 3.8) is 0 Å². The van der Waals surface area contributed by atoms with E-state index in [1.165, 1.54) is 0 Å². The standard InChI is InChI=1S/C27H36N6O3/c1-28-23-18-24(27(34)29-19-4-6-20(7-5-19)32-12-14-36-15-13-32)30-26-22(23)16-21(35-3)17-25(26)33-10-8-31(2)9-11-33/h4-7,16-17,23,28H,8-15,18H2,1-3H3,(H,29,34). The van der Waals surface area contributed by atoms with Crippen LogP contribution in [0.3, 0.4) is 0 Å². The number of morpholine rings is 1. The van der Waals surface area contributed by atoms with Crippen LogP contribution in [0.25, 0.3) is 0 Å². The molecule has 0 radical (unpaired) electrons. The number of nitrogens with zero attached hydrogens (tertiary/aromatic N) is 4. The third kappa shape index (κ3) is 5.18. The third-order valence-corrected chi connectivity index (χ3v) is 7.30. The van der Waals surface area contributed by atoms with Crippen molar-refractivity contribution in [1.82, 2.24) is 10.2 Å². The van der Waals surface area contributed by atoms with Gasteiger partial charge in [0.2, 0.25) is 0 Å². The summed E-state index contributed by atoms with van der Waals surface area (Å²) in [5.41, 5.74) is 5.38. The van der Waals surface area contributed by atoms with Gasteiger partial charge in [0.05, 0.1) is 31.7 Å². The number of piperazine rings is 1. The van der Waals surface area contributed by atoms with E-state index in [0.29, 0.717) is 12.1 Å². The lowest BCUT2D eigenvalue weighted by molar-refractivity contribution is -0.110. The number of hydrogen-bond donors (Lipinski definition) is 2. The average Bonchev–Trinajstić information content (AvgIpc) is 2.93. The number of benzene rings is 2. The highest BCUT2D eigenvalue weighted by Gasteiger charge is 2.30. The van der Waals surface area contributed by atoms with Crippen molar-refractivity contribution in [3.05, 3.63) is 42.0 Å². The van der Waals surface area contributed by atoms with Crippen LogP contribution in [0.1, 0.15) is 18.0 Å². The zero-order valence-electron chi connectivity index (χ0n) is 21.4. The number of likely N-dealkylation sites (N-methyl/N-ethyl adjacent to an activating group) is 1. The highest BCUT2D eigenvalue weighted by atomic mass is 16.5. The third-order valence-electron chi connectivity index (χ3n) is 7.30. The van der Waals surface area contributed by atoms with E-state index >= 15 is 0 Å². The molecule has 192 valence electrons. The highest BCUT2D eigenvalue weighted by molar-refractivity contribution is 6.44. The van der Waals surface area contributed by atoms with Gasteiger partial charge in [-0.25, -0.2) is 4.99 Å². The number of hydrogen-bond acceptors (Lipinski definition) is 8. The number of aliphatic imine (C=N–C) groups is 1. The predicted molar refractivity (Wildman–Crippen MR) is 144 cm³/mol. The maximum Gasteiger partial charge on any atom is 0.270 e. The lowest BCUT2D eigenvalue weighted by atomic mass is 9.94. The molecule has 5 rings (SSSR count). The van der Waals surface area contributed by atoms with Crippen LogP contribution in [-0.4, -0.2) is 90.2 Å². The van der Waals surface area contributed by atoms with Crippen molar-refractivity contribution < 1.29 is 14.3 Å². The van der Waals surface area contributed by atoms with E-state index in [1.807, 2.05) is 43.4 Å². The van der Waals surface area contributed by atoms with Crippen LogP contribution in [0.2, 0.25) is 0 Å². The first kappa shape index (κ1) is 24.5. The number of ether oxygens (including phenoxy) is 2. The summed E-state index contributed by atoms with van der Waals surface area (Å²) in [6.07, 6.45) is 0.510. The lowest BCUT2D eigenvalue weighted by Gasteiger charge is -2.36. The molecule has 1 amide bonds. The van der Waals surface area contributed by atoms with Gasteiger partial charge in [-0.05, 0) is 44.4 Å². The van der Waals surface area contributed by atoms with E-state index in [2.05, 4.69) is 32.4 Å². The Balaban J connectivity index is 1.39. The maximum absolute atomic E-state index is 13.3. The zero-order chi connectivity index (χ0) is 25.1. The molecule has 3 heterocycles. The van der Waals surface area contributed by atoms with Gasteiger partial charge in [0.25, 0.3) is 5.91 Å². The van der Waals surface area contributed by atoms with Crippen LogP contribution in [0.15, 0.2) is 41.4 Å². The number of fused-ring (bicyclic) bond motifs is 1. The first-order valence-corrected chi connectivity index (χ1v) is 12.7. The van der Waals surface area contributed by atoms with Crippen molar-refractivity contribution in [3.8, 4) is 5.75 Å². The van der Waals surface area contributed by atoms with E-state index < -0.39 is 0 Å². The molecule has 36 heavy (non-hydrogen) atoms. The molecular weight excluding hydrogens is 456 g/mol. The van der Waals surface area contributed by atoms with Crippen molar-refractivity contribution in [2.45, 2.75) is 12.5 Å². The van der Waals surface area contributed by atoms with Crippen LogP contribution < -0.4 is 25.2 Å². The predicted octanol–water partition coefficient (Wildman–Crippen LogP) is 2.66. The molecule has 9 heteroatoms. The largest absolute Gasteiger partial charge is 0.497 e. The second-order valence-corrected chi connectivity index (χ2v) is 9.58. The molecule has 0 bridgehead atoms. The molecule has 2 aromatic carbocycles. The Kier molecular flexibility index (Phi) is 7.41. The minimum Gasteiger partial charge on any atom is -0.497 e. The molecule has 2 N–H and O–H groups in total. The van der Waals surface area contributed by atoms with Crippen LogP contribution in [0.5, 0.6) is 5.75 Å². The number of amides is 1. The Bertz CT molecular complexity index is 1110. The molecule has 0 saturated carbocycles. The summed E-state index contributed by atoms with van der Waals surface area (Å²) in [6, 6.07) is 12.1. The summed E-state index contributed by atoms with van der Waals surface area (Å²) in [5, 5.41) is 6.44. The molecule has 0 aliphatic carbocycles. The lowest BCUT2D eigenvalue weighted by Crippen LogP contribution is -2.44. The van der Waals surface area contributed by atoms with Crippen molar-refractivity contribution in [2.75, 3.05) is 88.8 Å². The maximum atomic E-state index is 13.3. The first-order chi connectivity index (χ1) is 17.6. The Morgan fingerprint density at radius 1 is 1.03 bits per heavy atom. The summed E-state index contributed by atoms with van der Waals surface area (Å²) in [6.45, 7) is 7.04. The second-order valence-electron chi connectivity index (χ2n) is 9.58. The summed E-state index contributed by atoms with van der Waals surface area (Å²) in [4.78, 5) is 25.2. The molecule has 9 nitrogen and oxygen atoms in total. The van der Waals surface area contributed by atoms with Crippen molar-refractivity contribution in [2.24, 2.45) is 4.99 Å². The van der Waals surface area contributed by atoms with Gasteiger partial charge < -0.3 is 34.8 Å². The van der Waals surface area contributed by atoms with Gasteiger partial charge in [0.15, 0.2) is 0 Å². The molecule has 1 atom stereocenters. The molecule has 2 aromatic rings. The number of methoxy groups -OCH3 is 1. The quantitative estimate of drug-likeness (QED) is 0.642. The minimum atomic E-state index is -0.167. The Labute approximate surface area is 213 Å². The van der Waals surface area contributed by atoms with Gasteiger partial charge in [0.1, 0.15) is 11.5 Å². The molecule has 3 aliphatic heterocycles. The summed E-state index contributed by atoms with van der Waals surface area (Å²) in [5.74, 6) is 0.645. The van der Waals surface area contributed by atoms with E-state index in [-0.39, 0.29) is 11.9 Å². The van der Waals surface area contributed by atoms with Crippen LogP contribution >= 0.6 is 0 Å². The number of carbonyl (C=O) groups excluding carboxylic acids is 1. The average molecular weight is 493 g/mol. The van der Waals surface area contributed by atoms with Crippen LogP contribution in [-0.2, 0) is 9.53 Å². The first-order valence-electron chi connectivity index (χ1n) is 12.7. The van der Waals surface area contributed by atoms with Crippen molar-refractivity contribution >= 4 is 34.4 Å². The molecule has 0 spiro atoms. The Morgan fingerprint density at radius 3 is 2.42 bits per heavy atom. The SMILES string of the molecule is CNC1CC(C(=O)Nc2ccc(N3CCOCC3)cc2)=Nc2c1cc(OC)cc2N1CCN(C)CC1.